The topological polar surface area (TPSA) is 83.3 Å². The Morgan fingerprint density at radius 2 is 1.97 bits per heavy atom. The lowest BCUT2D eigenvalue weighted by atomic mass is 10.1. The lowest BCUT2D eigenvalue weighted by Crippen LogP contribution is -2.27. The van der Waals surface area contributed by atoms with Crippen LogP contribution in [0.3, 0.4) is 0 Å². The molecule has 2 N–H and O–H groups in total. The number of amides is 1. The second kappa shape index (κ2) is 7.85. The van der Waals surface area contributed by atoms with Crippen molar-refractivity contribution in [2.75, 3.05) is 24.6 Å². The second-order valence-corrected chi connectivity index (χ2v) is 7.55. The lowest BCUT2D eigenvalue weighted by Gasteiger charge is -2.27. The zero-order chi connectivity index (χ0) is 20.5. The third-order valence-electron chi connectivity index (χ3n) is 5.05. The summed E-state index contributed by atoms with van der Waals surface area (Å²) in [4.78, 5) is 14.7. The number of aliphatic hydroxyl groups is 1. The van der Waals surface area contributed by atoms with Gasteiger partial charge in [-0.05, 0) is 49.4 Å². The fourth-order valence-corrected chi connectivity index (χ4v) is 3.78. The molecule has 1 atom stereocenters. The molecule has 1 amide bonds. The van der Waals surface area contributed by atoms with Crippen molar-refractivity contribution in [3.8, 4) is 5.69 Å². The van der Waals surface area contributed by atoms with E-state index >= 15 is 0 Å². The average Bonchev–Trinajstić information content (AvgIpc) is 3.06. The van der Waals surface area contributed by atoms with Crippen LogP contribution in [0.1, 0.15) is 34.8 Å². The van der Waals surface area contributed by atoms with Gasteiger partial charge >= 0.3 is 0 Å². The molecule has 1 aromatic heterocycles. The van der Waals surface area contributed by atoms with Crippen molar-refractivity contribution in [1.29, 1.82) is 0 Å². The van der Waals surface area contributed by atoms with Gasteiger partial charge in [0.2, 0.25) is 0 Å². The lowest BCUT2D eigenvalue weighted by molar-refractivity contribution is 0.0945. The highest BCUT2D eigenvalue weighted by atomic mass is 35.5. The third kappa shape index (κ3) is 3.59. The average molecular weight is 412 g/mol. The van der Waals surface area contributed by atoms with Crippen LogP contribution in [0.2, 0.25) is 5.02 Å². The number of aryl methyl sites for hydroxylation is 1. The number of carbonyl (C=O) groups is 1. The minimum atomic E-state index is -0.226. The van der Waals surface area contributed by atoms with Gasteiger partial charge in [0.05, 0.1) is 18.0 Å². The summed E-state index contributed by atoms with van der Waals surface area (Å²) in [5.41, 5.74) is 3.31. The summed E-state index contributed by atoms with van der Waals surface area (Å²) in [5, 5.41) is 21.0. The minimum absolute atomic E-state index is 0.103. The van der Waals surface area contributed by atoms with Gasteiger partial charge in [-0.15, -0.1) is 10.2 Å². The first-order valence-electron chi connectivity index (χ1n) is 9.48. The predicted octanol–water partition coefficient (Wildman–Crippen LogP) is 3.21. The largest absolute Gasteiger partial charge is 0.395 e. The molecule has 1 aliphatic rings. The van der Waals surface area contributed by atoms with Gasteiger partial charge in [0.1, 0.15) is 11.6 Å². The van der Waals surface area contributed by atoms with E-state index in [9.17, 15) is 4.79 Å². The van der Waals surface area contributed by atoms with Gasteiger partial charge < -0.3 is 15.3 Å². The van der Waals surface area contributed by atoms with Gasteiger partial charge in [-0.3, -0.25) is 9.36 Å². The van der Waals surface area contributed by atoms with Crippen molar-refractivity contribution in [2.45, 2.75) is 19.8 Å². The number of benzene rings is 2. The van der Waals surface area contributed by atoms with Crippen LogP contribution in [-0.2, 0) is 0 Å². The summed E-state index contributed by atoms with van der Waals surface area (Å²) in [6, 6.07) is 13.2. The summed E-state index contributed by atoms with van der Waals surface area (Å²) >= 11 is 6.09. The number of aromatic nitrogens is 3. The summed E-state index contributed by atoms with van der Waals surface area (Å²) in [7, 11) is 0. The maximum Gasteiger partial charge on any atom is 0.251 e. The van der Waals surface area contributed by atoms with E-state index in [1.54, 1.807) is 6.07 Å². The molecular weight excluding hydrogens is 390 g/mol. The fourth-order valence-electron chi connectivity index (χ4n) is 3.66. The Morgan fingerprint density at radius 1 is 1.21 bits per heavy atom. The van der Waals surface area contributed by atoms with Gasteiger partial charge in [0, 0.05) is 35.3 Å². The van der Waals surface area contributed by atoms with Crippen molar-refractivity contribution in [3.63, 3.8) is 0 Å². The van der Waals surface area contributed by atoms with Gasteiger partial charge in [-0.2, -0.15) is 0 Å². The molecule has 0 fully saturated rings. The number of aliphatic hydroxyl groups excluding tert-OH is 1. The van der Waals surface area contributed by atoms with E-state index in [0.29, 0.717) is 17.1 Å². The van der Waals surface area contributed by atoms with E-state index in [4.69, 9.17) is 16.7 Å². The van der Waals surface area contributed by atoms with Crippen molar-refractivity contribution in [1.82, 2.24) is 20.1 Å². The summed E-state index contributed by atoms with van der Waals surface area (Å²) in [5.74, 6) is 1.57. The highest BCUT2D eigenvalue weighted by Crippen LogP contribution is 2.38. The van der Waals surface area contributed by atoms with Gasteiger partial charge in [0.15, 0.2) is 0 Å². The molecule has 0 unspecified atom stereocenters. The van der Waals surface area contributed by atoms with Crippen LogP contribution < -0.4 is 10.2 Å². The molecule has 0 saturated carbocycles. The van der Waals surface area contributed by atoms with Crippen molar-refractivity contribution in [3.05, 3.63) is 64.7 Å². The Balaban J connectivity index is 1.88. The van der Waals surface area contributed by atoms with Crippen LogP contribution >= 0.6 is 11.6 Å². The molecule has 2 heterocycles. The number of hydrogen-bond donors (Lipinski definition) is 2. The molecule has 4 rings (SSSR count). The van der Waals surface area contributed by atoms with Gasteiger partial charge in [0.25, 0.3) is 5.91 Å². The summed E-state index contributed by atoms with van der Waals surface area (Å²) < 4.78 is 2.05. The maximum absolute atomic E-state index is 12.5. The predicted molar refractivity (Wildman–Crippen MR) is 112 cm³/mol. The van der Waals surface area contributed by atoms with E-state index in [2.05, 4.69) is 27.3 Å². The number of carbonyl (C=O) groups excluding carboxylic acids is 1. The molecule has 29 heavy (non-hydrogen) atoms. The number of nitrogens with one attached hydrogen (secondary N) is 1. The van der Waals surface area contributed by atoms with E-state index in [0.717, 1.165) is 28.7 Å². The Hall–Kier alpha value is -2.90. The molecule has 0 spiro atoms. The molecule has 2 aromatic carbocycles. The van der Waals surface area contributed by atoms with Crippen LogP contribution in [0, 0.1) is 6.92 Å². The summed E-state index contributed by atoms with van der Waals surface area (Å²) in [6.45, 7) is 4.82. The number of rotatable bonds is 4. The van der Waals surface area contributed by atoms with Gasteiger partial charge in [-0.25, -0.2) is 0 Å². The first-order chi connectivity index (χ1) is 14.0. The van der Waals surface area contributed by atoms with Crippen molar-refractivity contribution >= 4 is 28.9 Å². The molecule has 150 valence electrons. The Labute approximate surface area is 173 Å². The minimum Gasteiger partial charge on any atom is -0.395 e. The standard InChI is InChI=1S/C21H22ClN5O2/c1-13-12-26(17-6-4-16(22)5-7-17)19-11-15(21(29)23-9-10-28)3-8-18(19)27-14(2)24-25-20(13)27/h3-8,11,13,28H,9-10,12H2,1-2H3,(H,23,29)/t13-/m1/s1. The zero-order valence-corrected chi connectivity index (χ0v) is 17.0. The molecule has 0 radical (unpaired) electrons. The number of halogens is 1. The van der Waals surface area contributed by atoms with Crippen LogP contribution in [-0.4, -0.2) is 45.5 Å². The Kier molecular flexibility index (Phi) is 5.25. The fraction of sp³-hybridized carbons (Fsp3) is 0.286. The highest BCUT2D eigenvalue weighted by Gasteiger charge is 2.28. The Morgan fingerprint density at radius 3 is 2.69 bits per heavy atom. The van der Waals surface area contributed by atoms with Crippen molar-refractivity contribution < 1.29 is 9.90 Å². The summed E-state index contributed by atoms with van der Waals surface area (Å²) in [6.07, 6.45) is 0. The van der Waals surface area contributed by atoms with E-state index < -0.39 is 0 Å². The first-order valence-corrected chi connectivity index (χ1v) is 9.86. The number of hydrogen-bond acceptors (Lipinski definition) is 5. The maximum atomic E-state index is 12.5. The number of nitrogens with zero attached hydrogens (tertiary/aromatic N) is 4. The molecule has 1 aliphatic heterocycles. The van der Waals surface area contributed by atoms with Crippen LogP contribution in [0.4, 0.5) is 11.4 Å². The zero-order valence-electron chi connectivity index (χ0n) is 16.3. The monoisotopic (exact) mass is 411 g/mol. The van der Waals surface area contributed by atoms with Crippen LogP contribution in [0.5, 0.6) is 0 Å². The van der Waals surface area contributed by atoms with E-state index in [1.165, 1.54) is 0 Å². The molecule has 0 bridgehead atoms. The molecule has 0 saturated heterocycles. The molecular formula is C21H22ClN5O2. The quantitative estimate of drug-likeness (QED) is 0.688. The van der Waals surface area contributed by atoms with Crippen LogP contribution in [0.15, 0.2) is 42.5 Å². The SMILES string of the molecule is Cc1nnc2n1-c1ccc(C(=O)NCCO)cc1N(c1ccc(Cl)cc1)C[C@H]2C. The Bertz CT molecular complexity index is 1050. The normalized spacial score (nSPS) is 15.4. The molecule has 3 aromatic rings. The van der Waals surface area contributed by atoms with Crippen LogP contribution in [0.25, 0.3) is 5.69 Å². The van der Waals surface area contributed by atoms with Gasteiger partial charge in [-0.1, -0.05) is 18.5 Å². The molecule has 7 nitrogen and oxygen atoms in total. The molecule has 8 heteroatoms. The smallest absolute Gasteiger partial charge is 0.251 e. The third-order valence-corrected chi connectivity index (χ3v) is 5.30. The number of fused-ring (bicyclic) bond motifs is 3. The number of anilines is 2. The molecule has 0 aliphatic carbocycles. The van der Waals surface area contributed by atoms with E-state index in [-0.39, 0.29) is 25.0 Å². The second-order valence-electron chi connectivity index (χ2n) is 7.11. The van der Waals surface area contributed by atoms with E-state index in [1.807, 2.05) is 47.9 Å². The highest BCUT2D eigenvalue weighted by molar-refractivity contribution is 6.30. The van der Waals surface area contributed by atoms with Crippen molar-refractivity contribution in [2.24, 2.45) is 0 Å². The first kappa shape index (κ1) is 19.4.